The first-order valence-corrected chi connectivity index (χ1v) is 10.5. The van der Waals surface area contributed by atoms with Crippen LogP contribution in [0.25, 0.3) is 0 Å². The summed E-state index contributed by atoms with van der Waals surface area (Å²) in [7, 11) is 0. The van der Waals surface area contributed by atoms with Gasteiger partial charge in [-0.3, -0.25) is 4.79 Å². The van der Waals surface area contributed by atoms with Gasteiger partial charge in [0.25, 0.3) is 0 Å². The standard InChI is InChI=1S/C19H25N5O3S/c1-12(18(25)21-10-13-7-8-15-16(9-13)27-11-26-15)28-19-23-22-17(24(19)20)14-5-3-2-4-6-14/h7-9,12,14H,2-6,10-11,20H2,1H3,(H,21,25)/t12-/m1/s1. The van der Waals surface area contributed by atoms with Crippen molar-refractivity contribution in [1.82, 2.24) is 20.2 Å². The van der Waals surface area contributed by atoms with Crippen LogP contribution in [0.5, 0.6) is 11.5 Å². The zero-order chi connectivity index (χ0) is 19.5. The van der Waals surface area contributed by atoms with Gasteiger partial charge >= 0.3 is 0 Å². The number of thioether (sulfide) groups is 1. The van der Waals surface area contributed by atoms with E-state index < -0.39 is 0 Å². The zero-order valence-corrected chi connectivity index (χ0v) is 16.7. The Morgan fingerprint density at radius 1 is 1.29 bits per heavy atom. The minimum Gasteiger partial charge on any atom is -0.454 e. The molecule has 1 fully saturated rings. The minimum absolute atomic E-state index is 0.0788. The quantitative estimate of drug-likeness (QED) is 0.564. The number of fused-ring (bicyclic) bond motifs is 1. The summed E-state index contributed by atoms with van der Waals surface area (Å²) >= 11 is 1.33. The average Bonchev–Trinajstić information content (AvgIpc) is 3.33. The number of carbonyl (C=O) groups excluding carboxylic acids is 1. The van der Waals surface area contributed by atoms with Crippen LogP contribution in [-0.4, -0.2) is 32.8 Å². The molecule has 2 aromatic rings. The molecule has 1 aromatic carbocycles. The molecular weight excluding hydrogens is 378 g/mol. The Labute approximate surface area is 168 Å². The highest BCUT2D eigenvalue weighted by atomic mass is 32.2. The lowest BCUT2D eigenvalue weighted by molar-refractivity contribution is -0.120. The Balaban J connectivity index is 1.32. The number of aromatic nitrogens is 3. The van der Waals surface area contributed by atoms with Gasteiger partial charge in [0, 0.05) is 12.5 Å². The van der Waals surface area contributed by atoms with Crippen molar-refractivity contribution in [3.63, 3.8) is 0 Å². The van der Waals surface area contributed by atoms with E-state index >= 15 is 0 Å². The number of hydrogen-bond donors (Lipinski definition) is 2. The van der Waals surface area contributed by atoms with Crippen molar-refractivity contribution in [3.05, 3.63) is 29.6 Å². The lowest BCUT2D eigenvalue weighted by atomic mass is 9.89. The molecule has 1 aliphatic carbocycles. The molecule has 4 rings (SSSR count). The second-order valence-corrected chi connectivity index (χ2v) is 8.52. The van der Waals surface area contributed by atoms with Gasteiger partial charge in [-0.1, -0.05) is 37.1 Å². The monoisotopic (exact) mass is 403 g/mol. The van der Waals surface area contributed by atoms with Gasteiger partial charge in [-0.2, -0.15) is 0 Å². The third kappa shape index (κ3) is 4.04. The molecule has 3 N–H and O–H groups in total. The third-order valence-electron chi connectivity index (χ3n) is 5.22. The maximum atomic E-state index is 12.5. The first-order chi connectivity index (χ1) is 13.6. The Hall–Kier alpha value is -2.42. The molecule has 150 valence electrons. The van der Waals surface area contributed by atoms with Crippen LogP contribution in [0.4, 0.5) is 0 Å². The van der Waals surface area contributed by atoms with E-state index in [4.69, 9.17) is 15.3 Å². The van der Waals surface area contributed by atoms with Gasteiger partial charge in [0.15, 0.2) is 17.3 Å². The molecule has 28 heavy (non-hydrogen) atoms. The SMILES string of the molecule is C[C@@H](Sc1nnc(C2CCCCC2)n1N)C(=O)NCc1ccc2c(c1)OCO2. The van der Waals surface area contributed by atoms with Gasteiger partial charge in [-0.05, 0) is 37.5 Å². The molecule has 0 spiro atoms. The van der Waals surface area contributed by atoms with E-state index in [1.165, 1.54) is 31.0 Å². The van der Waals surface area contributed by atoms with Crippen molar-refractivity contribution >= 4 is 17.7 Å². The number of nitrogens with zero attached hydrogens (tertiary/aromatic N) is 3. The summed E-state index contributed by atoms with van der Waals surface area (Å²) in [6.45, 7) is 2.50. The summed E-state index contributed by atoms with van der Waals surface area (Å²) in [5.41, 5.74) is 0.955. The zero-order valence-electron chi connectivity index (χ0n) is 15.9. The van der Waals surface area contributed by atoms with Gasteiger partial charge in [0.1, 0.15) is 0 Å². The molecule has 1 atom stereocenters. The fourth-order valence-corrected chi connectivity index (χ4v) is 4.40. The van der Waals surface area contributed by atoms with Crippen LogP contribution in [0, 0.1) is 0 Å². The minimum atomic E-state index is -0.334. The number of amides is 1. The summed E-state index contributed by atoms with van der Waals surface area (Å²) in [6, 6.07) is 5.65. The molecule has 0 saturated heterocycles. The lowest BCUT2D eigenvalue weighted by Gasteiger charge is -2.20. The molecule has 8 nitrogen and oxygen atoms in total. The lowest BCUT2D eigenvalue weighted by Crippen LogP contribution is -2.31. The van der Waals surface area contributed by atoms with Crippen LogP contribution in [0.3, 0.4) is 0 Å². The molecule has 1 aromatic heterocycles. The number of carbonyl (C=O) groups is 1. The number of rotatable bonds is 6. The fraction of sp³-hybridized carbons (Fsp3) is 0.526. The van der Waals surface area contributed by atoms with Crippen molar-refractivity contribution in [3.8, 4) is 11.5 Å². The van der Waals surface area contributed by atoms with Crippen molar-refractivity contribution in [2.75, 3.05) is 12.6 Å². The van der Waals surface area contributed by atoms with Crippen LogP contribution in [0.15, 0.2) is 23.4 Å². The smallest absolute Gasteiger partial charge is 0.233 e. The van der Waals surface area contributed by atoms with Crippen LogP contribution in [0.2, 0.25) is 0 Å². The first kappa shape index (κ1) is 18.9. The molecule has 1 amide bonds. The molecular formula is C19H25N5O3S. The number of benzene rings is 1. The highest BCUT2D eigenvalue weighted by Crippen LogP contribution is 2.33. The Bertz CT molecular complexity index is 850. The van der Waals surface area contributed by atoms with E-state index in [-0.39, 0.29) is 18.0 Å². The Morgan fingerprint density at radius 2 is 2.07 bits per heavy atom. The summed E-state index contributed by atoms with van der Waals surface area (Å²) in [4.78, 5) is 12.5. The van der Waals surface area contributed by atoms with E-state index in [9.17, 15) is 4.79 Å². The molecule has 1 saturated carbocycles. The van der Waals surface area contributed by atoms with Gasteiger partial charge < -0.3 is 20.6 Å². The maximum Gasteiger partial charge on any atom is 0.233 e. The highest BCUT2D eigenvalue weighted by Gasteiger charge is 2.24. The normalized spacial score (nSPS) is 17.5. The average molecular weight is 404 g/mol. The van der Waals surface area contributed by atoms with Crippen LogP contribution in [-0.2, 0) is 11.3 Å². The number of nitrogen functional groups attached to an aromatic ring is 1. The van der Waals surface area contributed by atoms with Gasteiger partial charge in [0.05, 0.1) is 5.25 Å². The van der Waals surface area contributed by atoms with Crippen molar-refractivity contribution in [2.24, 2.45) is 0 Å². The first-order valence-electron chi connectivity index (χ1n) is 9.65. The second kappa shape index (κ2) is 8.30. The molecule has 2 aliphatic rings. The Kier molecular flexibility index (Phi) is 5.61. The van der Waals surface area contributed by atoms with Gasteiger partial charge in [0.2, 0.25) is 17.9 Å². The predicted octanol–water partition coefficient (Wildman–Crippen LogP) is 2.57. The van der Waals surface area contributed by atoms with Crippen molar-refractivity contribution in [2.45, 2.75) is 61.9 Å². The summed E-state index contributed by atoms with van der Waals surface area (Å²) in [6.07, 6.45) is 5.89. The summed E-state index contributed by atoms with van der Waals surface area (Å²) < 4.78 is 12.2. The number of hydrogen-bond acceptors (Lipinski definition) is 7. The topological polar surface area (TPSA) is 104 Å². The maximum absolute atomic E-state index is 12.5. The largest absolute Gasteiger partial charge is 0.454 e. The van der Waals surface area contributed by atoms with Crippen LogP contribution < -0.4 is 20.6 Å². The van der Waals surface area contributed by atoms with Crippen molar-refractivity contribution in [1.29, 1.82) is 0 Å². The van der Waals surface area contributed by atoms with E-state index in [0.29, 0.717) is 23.4 Å². The van der Waals surface area contributed by atoms with Gasteiger partial charge in [-0.15, -0.1) is 10.2 Å². The Morgan fingerprint density at radius 3 is 2.89 bits per heavy atom. The molecule has 0 unspecified atom stereocenters. The predicted molar refractivity (Wildman–Crippen MR) is 106 cm³/mol. The van der Waals surface area contributed by atoms with Crippen LogP contribution >= 0.6 is 11.8 Å². The number of nitrogens with two attached hydrogens (primary N) is 1. The molecule has 2 heterocycles. The van der Waals surface area contributed by atoms with E-state index in [2.05, 4.69) is 15.5 Å². The van der Waals surface area contributed by atoms with Crippen LogP contribution in [0.1, 0.15) is 56.3 Å². The highest BCUT2D eigenvalue weighted by molar-refractivity contribution is 8.00. The molecule has 0 radical (unpaired) electrons. The van der Waals surface area contributed by atoms with E-state index in [1.54, 1.807) is 4.68 Å². The summed E-state index contributed by atoms with van der Waals surface area (Å²) in [5.74, 6) is 8.77. The molecule has 0 bridgehead atoms. The number of ether oxygens (including phenoxy) is 2. The van der Waals surface area contributed by atoms with E-state index in [1.807, 2.05) is 25.1 Å². The molecule has 1 aliphatic heterocycles. The van der Waals surface area contributed by atoms with Gasteiger partial charge in [-0.25, -0.2) is 4.68 Å². The number of nitrogens with one attached hydrogen (secondary N) is 1. The summed E-state index contributed by atoms with van der Waals surface area (Å²) in [5, 5.41) is 11.7. The van der Waals surface area contributed by atoms with E-state index in [0.717, 1.165) is 30.0 Å². The third-order valence-corrected chi connectivity index (χ3v) is 6.27. The fourth-order valence-electron chi connectivity index (χ4n) is 3.60. The van der Waals surface area contributed by atoms with Crippen molar-refractivity contribution < 1.29 is 14.3 Å². The molecule has 9 heteroatoms. The second-order valence-electron chi connectivity index (χ2n) is 7.21.